The standard InChI is InChI=1S/C12H13BrN2O2S/c13-8-3-6-18-9(8)7-15-10(16)12(14-11(15)17)4-1-2-5-12/h3,6H,1-2,4-5,7H2,(H,14,17). The molecule has 0 atom stereocenters. The molecule has 2 fully saturated rings. The first-order valence-corrected chi connectivity index (χ1v) is 7.66. The van der Waals surface area contributed by atoms with Gasteiger partial charge in [-0.05, 0) is 40.2 Å². The highest BCUT2D eigenvalue weighted by atomic mass is 79.9. The molecule has 1 spiro atoms. The van der Waals surface area contributed by atoms with Crippen LogP contribution in [0.25, 0.3) is 0 Å². The lowest BCUT2D eigenvalue weighted by atomic mass is 9.98. The fourth-order valence-corrected chi connectivity index (χ4v) is 4.18. The Labute approximate surface area is 117 Å². The zero-order valence-electron chi connectivity index (χ0n) is 9.74. The van der Waals surface area contributed by atoms with Crippen LogP contribution in [0, 0.1) is 0 Å². The summed E-state index contributed by atoms with van der Waals surface area (Å²) in [7, 11) is 0. The number of nitrogens with zero attached hydrogens (tertiary/aromatic N) is 1. The smallest absolute Gasteiger partial charge is 0.323 e. The van der Waals surface area contributed by atoms with E-state index in [1.165, 1.54) is 4.90 Å². The van der Waals surface area contributed by atoms with E-state index in [2.05, 4.69) is 21.2 Å². The van der Waals surface area contributed by atoms with Gasteiger partial charge in [0, 0.05) is 9.35 Å². The molecule has 1 aromatic rings. The van der Waals surface area contributed by atoms with E-state index < -0.39 is 5.54 Å². The molecule has 4 nitrogen and oxygen atoms in total. The summed E-state index contributed by atoms with van der Waals surface area (Å²) in [6.07, 6.45) is 3.59. The molecular formula is C12H13BrN2O2S. The molecule has 0 aromatic carbocycles. The van der Waals surface area contributed by atoms with Gasteiger partial charge in [-0.1, -0.05) is 12.8 Å². The van der Waals surface area contributed by atoms with Crippen LogP contribution in [-0.4, -0.2) is 22.4 Å². The molecule has 1 saturated carbocycles. The molecule has 0 bridgehead atoms. The number of carbonyl (C=O) groups excluding carboxylic acids is 2. The summed E-state index contributed by atoms with van der Waals surface area (Å²) in [5.74, 6) is -0.0506. The summed E-state index contributed by atoms with van der Waals surface area (Å²) in [5, 5.41) is 4.84. The lowest BCUT2D eigenvalue weighted by Gasteiger charge is -2.19. The van der Waals surface area contributed by atoms with E-state index in [4.69, 9.17) is 0 Å². The molecule has 0 unspecified atom stereocenters. The molecule has 2 aliphatic rings. The van der Waals surface area contributed by atoms with Crippen molar-refractivity contribution in [2.45, 2.75) is 37.8 Å². The molecule has 3 amide bonds. The van der Waals surface area contributed by atoms with Crippen molar-refractivity contribution in [3.63, 3.8) is 0 Å². The molecule has 1 N–H and O–H groups in total. The summed E-state index contributed by atoms with van der Waals surface area (Å²) in [4.78, 5) is 26.7. The number of halogens is 1. The fraction of sp³-hybridized carbons (Fsp3) is 0.500. The van der Waals surface area contributed by atoms with Gasteiger partial charge < -0.3 is 5.32 Å². The lowest BCUT2D eigenvalue weighted by molar-refractivity contribution is -0.131. The van der Waals surface area contributed by atoms with Gasteiger partial charge in [0.2, 0.25) is 0 Å². The van der Waals surface area contributed by atoms with E-state index in [0.29, 0.717) is 6.54 Å². The van der Waals surface area contributed by atoms with Gasteiger partial charge >= 0.3 is 6.03 Å². The Hall–Kier alpha value is -0.880. The molecule has 96 valence electrons. The quantitative estimate of drug-likeness (QED) is 0.848. The van der Waals surface area contributed by atoms with Crippen molar-refractivity contribution < 1.29 is 9.59 Å². The molecule has 1 aliphatic carbocycles. The highest BCUT2D eigenvalue weighted by Gasteiger charge is 2.52. The normalized spacial score (nSPS) is 21.9. The SMILES string of the molecule is O=C1NC2(CCCC2)C(=O)N1Cc1sccc1Br. The van der Waals surface area contributed by atoms with Crippen LogP contribution in [-0.2, 0) is 11.3 Å². The van der Waals surface area contributed by atoms with Crippen LogP contribution < -0.4 is 5.32 Å². The topological polar surface area (TPSA) is 49.4 Å². The second-order valence-electron chi connectivity index (χ2n) is 4.80. The highest BCUT2D eigenvalue weighted by molar-refractivity contribution is 9.10. The largest absolute Gasteiger partial charge is 0.325 e. The van der Waals surface area contributed by atoms with Gasteiger partial charge in [0.25, 0.3) is 5.91 Å². The maximum atomic E-state index is 12.4. The number of urea groups is 1. The first-order valence-electron chi connectivity index (χ1n) is 5.98. The van der Waals surface area contributed by atoms with Crippen molar-refractivity contribution in [3.05, 3.63) is 20.8 Å². The lowest BCUT2D eigenvalue weighted by Crippen LogP contribution is -2.44. The molecule has 18 heavy (non-hydrogen) atoms. The van der Waals surface area contributed by atoms with Crippen LogP contribution in [0.3, 0.4) is 0 Å². The number of thiophene rings is 1. The van der Waals surface area contributed by atoms with Crippen LogP contribution in [0.2, 0.25) is 0 Å². The summed E-state index contributed by atoms with van der Waals surface area (Å²) >= 11 is 4.98. The minimum absolute atomic E-state index is 0.0506. The van der Waals surface area contributed by atoms with E-state index >= 15 is 0 Å². The molecule has 1 saturated heterocycles. The van der Waals surface area contributed by atoms with Gasteiger partial charge in [-0.25, -0.2) is 4.79 Å². The van der Waals surface area contributed by atoms with Gasteiger partial charge in [0.05, 0.1) is 6.54 Å². The van der Waals surface area contributed by atoms with Crippen LogP contribution in [0.15, 0.2) is 15.9 Å². The summed E-state index contributed by atoms with van der Waals surface area (Å²) in [6, 6.07) is 1.69. The van der Waals surface area contributed by atoms with Crippen molar-refractivity contribution in [1.82, 2.24) is 10.2 Å². The first-order chi connectivity index (χ1) is 8.62. The van der Waals surface area contributed by atoms with Crippen molar-refractivity contribution in [1.29, 1.82) is 0 Å². The zero-order valence-corrected chi connectivity index (χ0v) is 12.1. The van der Waals surface area contributed by atoms with Crippen LogP contribution in [0.5, 0.6) is 0 Å². The monoisotopic (exact) mass is 328 g/mol. The highest BCUT2D eigenvalue weighted by Crippen LogP contribution is 2.36. The number of hydrogen-bond acceptors (Lipinski definition) is 3. The van der Waals surface area contributed by atoms with Gasteiger partial charge in [-0.2, -0.15) is 0 Å². The Morgan fingerprint density at radius 1 is 1.39 bits per heavy atom. The van der Waals surface area contributed by atoms with Crippen molar-refractivity contribution in [2.75, 3.05) is 0 Å². The molecular weight excluding hydrogens is 316 g/mol. The Kier molecular flexibility index (Phi) is 2.94. The Bertz CT molecular complexity index is 508. The van der Waals surface area contributed by atoms with E-state index in [0.717, 1.165) is 35.0 Å². The number of nitrogens with one attached hydrogen (secondary N) is 1. The minimum atomic E-state index is -0.596. The van der Waals surface area contributed by atoms with E-state index in [1.54, 1.807) is 11.3 Å². The average Bonchev–Trinajstić information content (AvgIpc) is 3.00. The summed E-state index contributed by atoms with van der Waals surface area (Å²) in [5.41, 5.74) is -0.596. The third-order valence-corrected chi connectivity index (χ3v) is 5.61. The van der Waals surface area contributed by atoms with Gasteiger partial charge in [-0.3, -0.25) is 9.69 Å². The second kappa shape index (κ2) is 4.35. The second-order valence-corrected chi connectivity index (χ2v) is 6.66. The number of carbonyl (C=O) groups is 2. The number of imide groups is 1. The van der Waals surface area contributed by atoms with E-state index in [1.807, 2.05) is 11.4 Å². The molecule has 0 radical (unpaired) electrons. The van der Waals surface area contributed by atoms with Crippen molar-refractivity contribution in [2.24, 2.45) is 0 Å². The van der Waals surface area contributed by atoms with Crippen molar-refractivity contribution >= 4 is 39.2 Å². The van der Waals surface area contributed by atoms with Gasteiger partial charge in [0.1, 0.15) is 5.54 Å². The molecule has 1 aromatic heterocycles. The van der Waals surface area contributed by atoms with Crippen LogP contribution >= 0.6 is 27.3 Å². The summed E-state index contributed by atoms with van der Waals surface area (Å²) in [6.45, 7) is 0.366. The molecule has 2 heterocycles. The number of hydrogen-bond donors (Lipinski definition) is 1. The van der Waals surface area contributed by atoms with Crippen LogP contribution in [0.4, 0.5) is 4.79 Å². The van der Waals surface area contributed by atoms with Crippen LogP contribution in [0.1, 0.15) is 30.6 Å². The zero-order chi connectivity index (χ0) is 12.8. The molecule has 6 heteroatoms. The summed E-state index contributed by atoms with van der Waals surface area (Å²) < 4.78 is 0.959. The fourth-order valence-electron chi connectivity index (χ4n) is 2.72. The van der Waals surface area contributed by atoms with Gasteiger partial charge in [0.15, 0.2) is 0 Å². The maximum absolute atomic E-state index is 12.4. The molecule has 3 rings (SSSR count). The van der Waals surface area contributed by atoms with E-state index in [9.17, 15) is 9.59 Å². The predicted molar refractivity (Wildman–Crippen MR) is 72.3 cm³/mol. The third-order valence-electron chi connectivity index (χ3n) is 3.70. The Morgan fingerprint density at radius 2 is 2.11 bits per heavy atom. The number of rotatable bonds is 2. The Morgan fingerprint density at radius 3 is 2.72 bits per heavy atom. The maximum Gasteiger partial charge on any atom is 0.325 e. The number of amides is 3. The average molecular weight is 329 g/mol. The minimum Gasteiger partial charge on any atom is -0.323 e. The Balaban J connectivity index is 1.83. The van der Waals surface area contributed by atoms with Gasteiger partial charge in [-0.15, -0.1) is 11.3 Å². The predicted octanol–water partition coefficient (Wildman–Crippen LogP) is 2.88. The first kappa shape index (κ1) is 12.2. The molecule has 1 aliphatic heterocycles. The van der Waals surface area contributed by atoms with E-state index in [-0.39, 0.29) is 11.9 Å². The third kappa shape index (κ3) is 1.78. The van der Waals surface area contributed by atoms with Crippen molar-refractivity contribution in [3.8, 4) is 0 Å².